The first-order chi connectivity index (χ1) is 31.5. The van der Waals surface area contributed by atoms with E-state index in [1.807, 2.05) is 0 Å². The fourth-order valence-electron chi connectivity index (χ4n) is 7.73. The summed E-state index contributed by atoms with van der Waals surface area (Å²) < 4.78 is 54.2. The Morgan fingerprint density at radius 3 is 1.45 bits per heavy atom. The van der Waals surface area contributed by atoms with E-state index in [0.29, 0.717) is 12.8 Å². The average Bonchev–Trinajstić information content (AvgIpc) is 3.27. The first-order valence-corrected chi connectivity index (χ1v) is 27.3. The molecule has 13 heteroatoms. The normalized spacial score (nSPS) is 19.9. The minimum atomic E-state index is -4.61. The minimum absolute atomic E-state index is 0.158. The van der Waals surface area contributed by atoms with Crippen molar-refractivity contribution in [3.05, 3.63) is 48.6 Å². The molecule has 0 spiro atoms. The summed E-state index contributed by atoms with van der Waals surface area (Å²) in [4.78, 5) is 25.5. The van der Waals surface area contributed by atoms with Crippen LogP contribution in [0.25, 0.3) is 0 Å². The maximum absolute atomic E-state index is 12.9. The number of aliphatic hydroxyl groups excluding tert-OH is 3. The first kappa shape index (κ1) is 60.6. The van der Waals surface area contributed by atoms with Crippen LogP contribution in [-0.2, 0) is 38.7 Å². The molecule has 2 unspecified atom stereocenters. The maximum Gasteiger partial charge on any atom is 0.306 e. The van der Waals surface area contributed by atoms with Gasteiger partial charge in [0.2, 0.25) is 0 Å². The van der Waals surface area contributed by atoms with Gasteiger partial charge in [0.05, 0.1) is 6.61 Å². The van der Waals surface area contributed by atoms with Gasteiger partial charge in [0.1, 0.15) is 36.8 Å². The summed E-state index contributed by atoms with van der Waals surface area (Å²) in [7, 11) is -4.61. The van der Waals surface area contributed by atoms with Crippen LogP contribution in [0.3, 0.4) is 0 Å². The van der Waals surface area contributed by atoms with Gasteiger partial charge in [0.25, 0.3) is 10.1 Å². The molecule has 1 heterocycles. The van der Waals surface area contributed by atoms with Crippen LogP contribution in [0, 0.1) is 0 Å². The van der Waals surface area contributed by atoms with Gasteiger partial charge in [0, 0.05) is 12.8 Å². The highest BCUT2D eigenvalue weighted by Crippen LogP contribution is 2.24. The van der Waals surface area contributed by atoms with Crippen LogP contribution >= 0.6 is 0 Å². The second-order valence-corrected chi connectivity index (χ2v) is 19.3. The molecule has 1 aliphatic heterocycles. The fourth-order valence-corrected chi connectivity index (χ4v) is 8.42. The highest BCUT2D eigenvalue weighted by Gasteiger charge is 2.46. The lowest BCUT2D eigenvalue weighted by Crippen LogP contribution is -2.60. The Bertz CT molecular complexity index is 1380. The third-order valence-electron chi connectivity index (χ3n) is 11.7. The van der Waals surface area contributed by atoms with E-state index in [4.69, 9.17) is 18.9 Å². The molecule has 65 heavy (non-hydrogen) atoms. The van der Waals surface area contributed by atoms with E-state index in [1.54, 1.807) is 0 Å². The number of carbonyl (C=O) groups is 2. The van der Waals surface area contributed by atoms with Crippen LogP contribution in [-0.4, -0.2) is 96.0 Å². The van der Waals surface area contributed by atoms with Gasteiger partial charge in [-0.05, 0) is 51.4 Å². The van der Waals surface area contributed by atoms with Gasteiger partial charge >= 0.3 is 11.9 Å². The Labute approximate surface area is 394 Å². The Balaban J connectivity index is 2.37. The van der Waals surface area contributed by atoms with Crippen molar-refractivity contribution in [3.8, 4) is 0 Å². The number of rotatable bonds is 43. The van der Waals surface area contributed by atoms with Crippen LogP contribution in [0.4, 0.5) is 0 Å². The smallest absolute Gasteiger partial charge is 0.306 e. The van der Waals surface area contributed by atoms with Crippen molar-refractivity contribution in [2.24, 2.45) is 0 Å². The van der Waals surface area contributed by atoms with Crippen LogP contribution in [0.15, 0.2) is 48.6 Å². The van der Waals surface area contributed by atoms with Gasteiger partial charge in [-0.1, -0.05) is 197 Å². The van der Waals surface area contributed by atoms with E-state index in [1.165, 1.54) is 116 Å². The van der Waals surface area contributed by atoms with E-state index in [-0.39, 0.29) is 19.4 Å². The van der Waals surface area contributed by atoms with Crippen LogP contribution in [0.5, 0.6) is 0 Å². The van der Waals surface area contributed by atoms with Crippen molar-refractivity contribution in [1.29, 1.82) is 0 Å². The summed E-state index contributed by atoms with van der Waals surface area (Å²) in [5.41, 5.74) is 0. The largest absolute Gasteiger partial charge is 0.462 e. The zero-order valence-electron chi connectivity index (χ0n) is 40.6. The predicted octanol–water partition coefficient (Wildman–Crippen LogP) is 11.5. The number of esters is 2. The van der Waals surface area contributed by atoms with Gasteiger partial charge < -0.3 is 34.3 Å². The fraction of sp³-hybridized carbons (Fsp3) is 0.808. The SMILES string of the molecule is CC/C=C/C/C=C/C/C=C/C/C=C/CCCCC(=O)OC[C@H](CO[C@H]1O[C@H](CS(=O)(=O)O)[C@@H](O)C(O)C1O)OC(=O)CCCCCCCCCCCCCCCCCCCCCCCC. The number of allylic oxidation sites excluding steroid dienone is 8. The first-order valence-electron chi connectivity index (χ1n) is 25.7. The van der Waals surface area contributed by atoms with Crippen LogP contribution in [0.2, 0.25) is 0 Å². The molecule has 1 rings (SSSR count). The van der Waals surface area contributed by atoms with Crippen molar-refractivity contribution in [3.63, 3.8) is 0 Å². The standard InChI is InChI=1S/C52H92O12S/c1-3-5-7-9-11-13-15-17-19-20-21-22-23-24-25-27-29-31-33-35-37-39-41-48(54)63-45(43-62-52-51(57)50(56)49(55)46(64-52)44-65(58,59)60)42-61-47(53)40-38-36-34-32-30-28-26-18-16-14-12-10-8-6-4-2/h6,8,12,14,18,26,30,32,45-46,49-52,55-57H,3-5,7,9-11,13,15-17,19-25,27-29,31,33-44H2,1-2H3,(H,58,59,60)/b8-6+,14-12+,26-18+,32-30+/t45-,46-,49-,50?,51?,52+/m1/s1. The molecule has 6 atom stereocenters. The molecular weight excluding hydrogens is 849 g/mol. The highest BCUT2D eigenvalue weighted by atomic mass is 32.2. The van der Waals surface area contributed by atoms with E-state index in [9.17, 15) is 37.9 Å². The molecule has 0 radical (unpaired) electrons. The van der Waals surface area contributed by atoms with Gasteiger partial charge in [-0.2, -0.15) is 8.42 Å². The molecule has 1 saturated heterocycles. The van der Waals surface area contributed by atoms with Crippen molar-refractivity contribution in [1.82, 2.24) is 0 Å². The van der Waals surface area contributed by atoms with Crippen molar-refractivity contribution < 1.29 is 56.8 Å². The number of unbranched alkanes of at least 4 members (excludes halogenated alkanes) is 23. The number of carbonyl (C=O) groups excluding carboxylic acids is 2. The van der Waals surface area contributed by atoms with Crippen molar-refractivity contribution in [2.45, 2.75) is 250 Å². The average molecular weight is 941 g/mol. The number of hydrogen-bond acceptors (Lipinski definition) is 11. The van der Waals surface area contributed by atoms with E-state index >= 15 is 0 Å². The molecule has 0 aliphatic carbocycles. The van der Waals surface area contributed by atoms with E-state index in [0.717, 1.165) is 57.8 Å². The third kappa shape index (κ3) is 36.3. The van der Waals surface area contributed by atoms with Gasteiger partial charge in [0.15, 0.2) is 12.4 Å². The Kier molecular flexibility index (Phi) is 39.0. The lowest BCUT2D eigenvalue weighted by atomic mass is 10.00. The van der Waals surface area contributed by atoms with E-state index < -0.39 is 71.2 Å². The number of aliphatic hydroxyl groups is 3. The lowest BCUT2D eigenvalue weighted by Gasteiger charge is -2.40. The molecule has 12 nitrogen and oxygen atoms in total. The van der Waals surface area contributed by atoms with Crippen molar-refractivity contribution >= 4 is 22.1 Å². The topological polar surface area (TPSA) is 186 Å². The molecule has 4 N–H and O–H groups in total. The monoisotopic (exact) mass is 941 g/mol. The molecule has 0 saturated carbocycles. The summed E-state index contributed by atoms with van der Waals surface area (Å²) in [6.07, 6.45) is 41.6. The molecule has 0 aromatic carbocycles. The van der Waals surface area contributed by atoms with Crippen LogP contribution < -0.4 is 0 Å². The van der Waals surface area contributed by atoms with Crippen LogP contribution in [0.1, 0.15) is 213 Å². The predicted molar refractivity (Wildman–Crippen MR) is 261 cm³/mol. The summed E-state index contributed by atoms with van der Waals surface area (Å²) in [5, 5.41) is 31.0. The Morgan fingerprint density at radius 2 is 0.969 bits per heavy atom. The Hall–Kier alpha value is -2.39. The number of hydrogen-bond donors (Lipinski definition) is 4. The summed E-state index contributed by atoms with van der Waals surface area (Å²) in [6.45, 7) is 3.64. The van der Waals surface area contributed by atoms with Crippen molar-refractivity contribution in [2.75, 3.05) is 19.0 Å². The number of ether oxygens (including phenoxy) is 4. The second kappa shape index (κ2) is 41.8. The summed E-state index contributed by atoms with van der Waals surface area (Å²) in [5.74, 6) is -2.03. The van der Waals surface area contributed by atoms with Gasteiger partial charge in [-0.25, -0.2) is 0 Å². The highest BCUT2D eigenvalue weighted by molar-refractivity contribution is 7.85. The maximum atomic E-state index is 12.9. The lowest BCUT2D eigenvalue weighted by molar-refractivity contribution is -0.297. The van der Waals surface area contributed by atoms with Gasteiger partial charge in [-0.15, -0.1) is 0 Å². The molecule has 1 aliphatic rings. The van der Waals surface area contributed by atoms with E-state index in [2.05, 4.69) is 62.5 Å². The zero-order valence-corrected chi connectivity index (χ0v) is 41.4. The molecule has 0 amide bonds. The minimum Gasteiger partial charge on any atom is -0.462 e. The summed E-state index contributed by atoms with van der Waals surface area (Å²) in [6, 6.07) is 0. The third-order valence-corrected chi connectivity index (χ3v) is 12.4. The quantitative estimate of drug-likeness (QED) is 0.0196. The summed E-state index contributed by atoms with van der Waals surface area (Å²) >= 11 is 0. The zero-order chi connectivity index (χ0) is 47.6. The molecule has 0 aromatic rings. The van der Waals surface area contributed by atoms with Gasteiger partial charge in [-0.3, -0.25) is 14.1 Å². The molecule has 0 aromatic heterocycles. The molecule has 1 fully saturated rings. The molecular formula is C52H92O12S. The Morgan fingerprint density at radius 1 is 0.538 bits per heavy atom. The molecule has 0 bridgehead atoms. The second-order valence-electron chi connectivity index (χ2n) is 17.8. The molecule has 378 valence electrons.